The molecule has 0 aromatic carbocycles. The van der Waals surface area contributed by atoms with Crippen LogP contribution in [-0.2, 0) is 27.9 Å². The summed E-state index contributed by atoms with van der Waals surface area (Å²) in [5.74, 6) is -1.85. The summed E-state index contributed by atoms with van der Waals surface area (Å²) >= 11 is 0. The van der Waals surface area contributed by atoms with Crippen LogP contribution < -0.4 is 5.73 Å². The van der Waals surface area contributed by atoms with Gasteiger partial charge in [0.25, 0.3) is 0 Å². The lowest BCUT2D eigenvalue weighted by molar-refractivity contribution is -0.147. The zero-order chi connectivity index (χ0) is 25.8. The van der Waals surface area contributed by atoms with Gasteiger partial charge in [0.15, 0.2) is 0 Å². The number of nitrogens with two attached hydrogens (primary N) is 1. The standard InChI is InChI=1S/C23H46NO9P/c1-3-4-5-6-7-8-9-10-11-12-13-14-15-16-21(26)31-17-20(25)18-32-34(29,30)33-19(2)22(24)23(27)28/h19-20,22,25H,3-18,24H2,1-2H3,(H,27,28)(H,29,30)/t19-,20+,22-/m0/s1. The van der Waals surface area contributed by atoms with Gasteiger partial charge in [-0.2, -0.15) is 0 Å². The first-order valence-corrected chi connectivity index (χ1v) is 14.1. The lowest BCUT2D eigenvalue weighted by Gasteiger charge is -2.21. The van der Waals surface area contributed by atoms with Crippen molar-refractivity contribution < 1.29 is 43.0 Å². The number of carboxylic acids is 1. The normalized spacial score (nSPS) is 15.9. The Hall–Kier alpha value is -1.03. The summed E-state index contributed by atoms with van der Waals surface area (Å²) < 4.78 is 26.0. The van der Waals surface area contributed by atoms with Gasteiger partial charge in [0.05, 0.1) is 12.7 Å². The van der Waals surface area contributed by atoms with Gasteiger partial charge in [-0.15, -0.1) is 0 Å². The number of aliphatic carboxylic acids is 1. The summed E-state index contributed by atoms with van der Waals surface area (Å²) in [6, 6.07) is -1.51. The Morgan fingerprint density at radius 2 is 1.35 bits per heavy atom. The molecule has 0 aliphatic carbocycles. The molecule has 0 aromatic rings. The van der Waals surface area contributed by atoms with Crippen LogP contribution in [0.4, 0.5) is 0 Å². The topological polar surface area (TPSA) is 166 Å². The molecule has 34 heavy (non-hydrogen) atoms. The fourth-order valence-electron chi connectivity index (χ4n) is 3.28. The first-order chi connectivity index (χ1) is 16.1. The van der Waals surface area contributed by atoms with E-state index in [4.69, 9.17) is 15.6 Å². The van der Waals surface area contributed by atoms with E-state index >= 15 is 0 Å². The number of hydrogen-bond acceptors (Lipinski definition) is 8. The van der Waals surface area contributed by atoms with Crippen LogP contribution in [0.5, 0.6) is 0 Å². The predicted molar refractivity (Wildman–Crippen MR) is 129 cm³/mol. The largest absolute Gasteiger partial charge is 0.480 e. The van der Waals surface area contributed by atoms with E-state index in [0.29, 0.717) is 6.42 Å². The number of phosphoric ester groups is 1. The van der Waals surface area contributed by atoms with E-state index < -0.39 is 44.6 Å². The maximum atomic E-state index is 11.8. The van der Waals surface area contributed by atoms with Crippen molar-refractivity contribution in [2.24, 2.45) is 5.73 Å². The Balaban J connectivity index is 3.70. The number of phosphoric acid groups is 1. The third-order valence-corrected chi connectivity index (χ3v) is 6.52. The highest BCUT2D eigenvalue weighted by Gasteiger charge is 2.31. The van der Waals surface area contributed by atoms with Gasteiger partial charge in [0.2, 0.25) is 0 Å². The van der Waals surface area contributed by atoms with Crippen LogP contribution in [0, 0.1) is 0 Å². The molecule has 0 fully saturated rings. The zero-order valence-electron chi connectivity index (χ0n) is 20.9. The molecular weight excluding hydrogens is 465 g/mol. The molecule has 0 aliphatic heterocycles. The maximum Gasteiger partial charge on any atom is 0.472 e. The second kappa shape index (κ2) is 20.2. The quantitative estimate of drug-likeness (QED) is 0.0882. The van der Waals surface area contributed by atoms with E-state index in [1.54, 1.807) is 0 Å². The molecule has 0 aliphatic rings. The minimum Gasteiger partial charge on any atom is -0.480 e. The van der Waals surface area contributed by atoms with E-state index in [2.05, 4.69) is 16.0 Å². The van der Waals surface area contributed by atoms with Crippen molar-refractivity contribution in [2.45, 2.75) is 122 Å². The first kappa shape index (κ1) is 33.0. The van der Waals surface area contributed by atoms with E-state index in [0.717, 1.165) is 12.8 Å². The molecule has 0 heterocycles. The lowest BCUT2D eigenvalue weighted by atomic mass is 10.0. The van der Waals surface area contributed by atoms with E-state index in [-0.39, 0.29) is 13.0 Å². The van der Waals surface area contributed by atoms with Crippen LogP contribution in [0.25, 0.3) is 0 Å². The number of aliphatic hydroxyl groups is 1. The van der Waals surface area contributed by atoms with Crippen LogP contribution in [0.3, 0.4) is 0 Å². The summed E-state index contributed by atoms with van der Waals surface area (Å²) in [6.45, 7) is 2.42. The van der Waals surface area contributed by atoms with Gasteiger partial charge in [-0.3, -0.25) is 18.6 Å². The van der Waals surface area contributed by atoms with Crippen molar-refractivity contribution in [3.63, 3.8) is 0 Å². The number of rotatable bonds is 23. The number of carbonyl (C=O) groups is 2. The molecule has 1 unspecified atom stereocenters. The third kappa shape index (κ3) is 19.3. The van der Waals surface area contributed by atoms with Gasteiger partial charge in [0, 0.05) is 6.42 Å². The second-order valence-corrected chi connectivity index (χ2v) is 10.2. The van der Waals surface area contributed by atoms with Gasteiger partial charge in [-0.25, -0.2) is 4.57 Å². The Morgan fingerprint density at radius 1 is 0.882 bits per heavy atom. The number of carbonyl (C=O) groups excluding carboxylic acids is 1. The second-order valence-electron chi connectivity index (χ2n) is 8.77. The summed E-state index contributed by atoms with van der Waals surface area (Å²) in [6.07, 6.45) is 13.3. The summed E-state index contributed by atoms with van der Waals surface area (Å²) in [7, 11) is -4.63. The summed E-state index contributed by atoms with van der Waals surface area (Å²) in [5.41, 5.74) is 5.29. The Bertz CT molecular complexity index is 591. The van der Waals surface area contributed by atoms with Crippen molar-refractivity contribution in [2.75, 3.05) is 13.2 Å². The molecular formula is C23H46NO9P. The molecule has 0 saturated carbocycles. The summed E-state index contributed by atoms with van der Waals surface area (Å²) in [4.78, 5) is 32.1. The average molecular weight is 512 g/mol. The van der Waals surface area contributed by atoms with Crippen molar-refractivity contribution in [3.05, 3.63) is 0 Å². The van der Waals surface area contributed by atoms with Crippen molar-refractivity contribution in [1.82, 2.24) is 0 Å². The molecule has 5 N–H and O–H groups in total. The number of ether oxygens (including phenoxy) is 1. The minimum atomic E-state index is -4.63. The molecule has 0 amide bonds. The molecule has 202 valence electrons. The van der Waals surface area contributed by atoms with Crippen LogP contribution in [0.2, 0.25) is 0 Å². The monoisotopic (exact) mass is 511 g/mol. The molecule has 0 saturated heterocycles. The molecule has 0 radical (unpaired) electrons. The highest BCUT2D eigenvalue weighted by molar-refractivity contribution is 7.47. The van der Waals surface area contributed by atoms with E-state index in [9.17, 15) is 24.2 Å². The molecule has 10 nitrogen and oxygen atoms in total. The number of unbranched alkanes of at least 4 members (excludes halogenated alkanes) is 12. The zero-order valence-corrected chi connectivity index (χ0v) is 21.8. The van der Waals surface area contributed by atoms with Crippen LogP contribution in [0.1, 0.15) is 104 Å². The van der Waals surface area contributed by atoms with Gasteiger partial charge >= 0.3 is 19.8 Å². The molecule has 4 atom stereocenters. The highest BCUT2D eigenvalue weighted by atomic mass is 31.2. The fourth-order valence-corrected chi connectivity index (χ4v) is 4.26. The Morgan fingerprint density at radius 3 is 1.82 bits per heavy atom. The van der Waals surface area contributed by atoms with Gasteiger partial charge in [-0.05, 0) is 13.3 Å². The number of hydrogen-bond donors (Lipinski definition) is 4. The first-order valence-electron chi connectivity index (χ1n) is 12.6. The minimum absolute atomic E-state index is 0.248. The van der Waals surface area contributed by atoms with E-state index in [1.165, 1.54) is 71.1 Å². The smallest absolute Gasteiger partial charge is 0.472 e. The van der Waals surface area contributed by atoms with Crippen molar-refractivity contribution >= 4 is 19.8 Å². The Kier molecular flexibility index (Phi) is 19.6. The van der Waals surface area contributed by atoms with E-state index in [1.807, 2.05) is 0 Å². The third-order valence-electron chi connectivity index (χ3n) is 5.44. The lowest BCUT2D eigenvalue weighted by Crippen LogP contribution is -2.41. The van der Waals surface area contributed by atoms with Crippen LogP contribution in [-0.4, -0.2) is 58.5 Å². The average Bonchev–Trinajstić information content (AvgIpc) is 2.78. The van der Waals surface area contributed by atoms with Crippen molar-refractivity contribution in [3.8, 4) is 0 Å². The maximum absolute atomic E-state index is 11.8. The number of carboxylic acid groups (broad SMARTS) is 1. The fraction of sp³-hybridized carbons (Fsp3) is 0.913. The van der Waals surface area contributed by atoms with Crippen LogP contribution in [0.15, 0.2) is 0 Å². The summed E-state index contributed by atoms with van der Waals surface area (Å²) in [5, 5.41) is 18.5. The SMILES string of the molecule is CCCCCCCCCCCCCCCC(=O)OC[C@@H](O)COP(=O)(O)O[C@@H](C)[C@H](N)C(=O)O. The number of aliphatic hydroxyl groups excluding tert-OH is 1. The Labute approximate surface area is 204 Å². The van der Waals surface area contributed by atoms with Crippen molar-refractivity contribution in [1.29, 1.82) is 0 Å². The van der Waals surface area contributed by atoms with Gasteiger partial charge < -0.3 is 25.6 Å². The molecule has 0 rings (SSSR count). The van der Waals surface area contributed by atoms with Crippen LogP contribution >= 0.6 is 7.82 Å². The molecule has 0 bridgehead atoms. The molecule has 11 heteroatoms. The molecule has 0 spiro atoms. The predicted octanol–water partition coefficient (Wildman–Crippen LogP) is 4.31. The van der Waals surface area contributed by atoms with Gasteiger partial charge in [-0.1, -0.05) is 84.0 Å². The molecule has 0 aromatic heterocycles. The number of esters is 1. The van der Waals surface area contributed by atoms with Gasteiger partial charge in [0.1, 0.15) is 18.8 Å². The highest BCUT2D eigenvalue weighted by Crippen LogP contribution is 2.44.